The van der Waals surface area contributed by atoms with Crippen molar-refractivity contribution in [3.63, 3.8) is 0 Å². The van der Waals surface area contributed by atoms with Gasteiger partial charge in [0.25, 0.3) is 0 Å². The molecular weight excluding hydrogens is 245 g/mol. The van der Waals surface area contributed by atoms with E-state index in [0.29, 0.717) is 5.82 Å². The summed E-state index contributed by atoms with van der Waals surface area (Å²) in [6.45, 7) is 0. The van der Waals surface area contributed by atoms with Gasteiger partial charge in [0, 0.05) is 19.3 Å². The molecule has 1 fully saturated rings. The summed E-state index contributed by atoms with van der Waals surface area (Å²) in [7, 11) is 1.67. The molecule has 18 heavy (non-hydrogen) atoms. The normalized spacial score (nSPS) is 24.2. The summed E-state index contributed by atoms with van der Waals surface area (Å²) in [5, 5.41) is 3.13. The zero-order valence-corrected chi connectivity index (χ0v) is 10.00. The van der Waals surface area contributed by atoms with Crippen LogP contribution in [0.4, 0.5) is 19.0 Å². The second-order valence-electron chi connectivity index (χ2n) is 4.44. The molecule has 0 radical (unpaired) electrons. The quantitative estimate of drug-likeness (QED) is 0.906. The predicted molar refractivity (Wildman–Crippen MR) is 61.3 cm³/mol. The highest BCUT2D eigenvalue weighted by Crippen LogP contribution is 2.29. The number of aromatic nitrogens is 1. The number of rotatable bonds is 3. The molecule has 1 saturated carbocycles. The highest BCUT2D eigenvalue weighted by atomic mass is 19.4. The van der Waals surface area contributed by atoms with Crippen molar-refractivity contribution >= 4 is 5.82 Å². The van der Waals surface area contributed by atoms with Crippen molar-refractivity contribution in [1.82, 2.24) is 4.98 Å². The maximum absolute atomic E-state index is 12.3. The van der Waals surface area contributed by atoms with Crippen LogP contribution in [-0.2, 0) is 10.9 Å². The van der Waals surface area contributed by atoms with Crippen molar-refractivity contribution in [2.24, 2.45) is 0 Å². The van der Waals surface area contributed by atoms with Crippen LogP contribution in [0.3, 0.4) is 0 Å². The van der Waals surface area contributed by atoms with Crippen LogP contribution >= 0.6 is 0 Å². The van der Waals surface area contributed by atoms with Crippen LogP contribution in [0.5, 0.6) is 0 Å². The predicted octanol–water partition coefficient (Wildman–Crippen LogP) is 3.08. The number of hydrogen-bond donors (Lipinski definition) is 1. The first-order chi connectivity index (χ1) is 8.49. The number of halogens is 3. The first-order valence-electron chi connectivity index (χ1n) is 5.81. The molecule has 1 aromatic rings. The minimum Gasteiger partial charge on any atom is -0.381 e. The highest BCUT2D eigenvalue weighted by Gasteiger charge is 2.31. The number of nitrogens with zero attached hydrogens (tertiary/aromatic N) is 1. The summed E-state index contributed by atoms with van der Waals surface area (Å²) in [4.78, 5) is 3.79. The molecule has 1 aliphatic rings. The topological polar surface area (TPSA) is 34.1 Å². The average molecular weight is 260 g/mol. The average Bonchev–Trinajstić information content (AvgIpc) is 2.76. The van der Waals surface area contributed by atoms with Crippen molar-refractivity contribution in [2.75, 3.05) is 12.4 Å². The fourth-order valence-corrected chi connectivity index (χ4v) is 2.14. The zero-order chi connectivity index (χ0) is 13.2. The van der Waals surface area contributed by atoms with Gasteiger partial charge in [0.2, 0.25) is 0 Å². The molecule has 1 N–H and O–H groups in total. The summed E-state index contributed by atoms with van der Waals surface area (Å²) in [5.41, 5.74) is -0.728. The molecule has 2 rings (SSSR count). The van der Waals surface area contributed by atoms with Gasteiger partial charge in [-0.05, 0) is 31.4 Å². The van der Waals surface area contributed by atoms with Crippen LogP contribution < -0.4 is 5.32 Å². The molecule has 100 valence electrons. The van der Waals surface area contributed by atoms with E-state index < -0.39 is 11.7 Å². The smallest absolute Gasteiger partial charge is 0.381 e. The molecule has 3 nitrogen and oxygen atoms in total. The second kappa shape index (κ2) is 5.14. The van der Waals surface area contributed by atoms with Gasteiger partial charge in [0.15, 0.2) is 0 Å². The van der Waals surface area contributed by atoms with E-state index in [0.717, 1.165) is 31.5 Å². The van der Waals surface area contributed by atoms with Gasteiger partial charge >= 0.3 is 6.18 Å². The summed E-state index contributed by atoms with van der Waals surface area (Å²) in [6.07, 6.45) is -0.475. The molecule has 0 bridgehead atoms. The Morgan fingerprint density at radius 3 is 2.61 bits per heavy atom. The largest absolute Gasteiger partial charge is 0.417 e. The number of anilines is 1. The first kappa shape index (κ1) is 13.1. The molecule has 2 unspecified atom stereocenters. The molecule has 0 aromatic carbocycles. The van der Waals surface area contributed by atoms with E-state index in [4.69, 9.17) is 4.74 Å². The van der Waals surface area contributed by atoms with E-state index >= 15 is 0 Å². The summed E-state index contributed by atoms with van der Waals surface area (Å²) in [5.74, 6) is 0.477. The van der Waals surface area contributed by atoms with Crippen LogP contribution in [0, 0.1) is 0 Å². The van der Waals surface area contributed by atoms with Crippen LogP contribution in [-0.4, -0.2) is 24.2 Å². The Bertz CT molecular complexity index is 391. The zero-order valence-electron chi connectivity index (χ0n) is 10.00. The number of alkyl halides is 3. The Morgan fingerprint density at radius 1 is 1.33 bits per heavy atom. The Labute approximate surface area is 103 Å². The Hall–Kier alpha value is -1.30. The highest BCUT2D eigenvalue weighted by molar-refractivity contribution is 5.37. The lowest BCUT2D eigenvalue weighted by Gasteiger charge is -2.14. The number of ether oxygens (including phenoxy) is 1. The maximum atomic E-state index is 12.3. The van der Waals surface area contributed by atoms with E-state index in [-0.39, 0.29) is 12.1 Å². The number of hydrogen-bond acceptors (Lipinski definition) is 3. The molecule has 1 aliphatic carbocycles. The third kappa shape index (κ3) is 3.13. The fourth-order valence-electron chi connectivity index (χ4n) is 2.14. The Kier molecular flexibility index (Phi) is 3.75. The first-order valence-corrected chi connectivity index (χ1v) is 5.81. The van der Waals surface area contributed by atoms with E-state index in [1.165, 1.54) is 6.07 Å². The van der Waals surface area contributed by atoms with E-state index in [2.05, 4.69) is 10.3 Å². The van der Waals surface area contributed by atoms with Gasteiger partial charge in [-0.2, -0.15) is 13.2 Å². The SMILES string of the molecule is COC1CCC(Nc2ccc(C(F)(F)F)cn2)C1. The van der Waals surface area contributed by atoms with Crippen molar-refractivity contribution in [2.45, 2.75) is 37.6 Å². The molecule has 0 amide bonds. The van der Waals surface area contributed by atoms with Crippen molar-refractivity contribution in [3.05, 3.63) is 23.9 Å². The third-order valence-corrected chi connectivity index (χ3v) is 3.16. The van der Waals surface area contributed by atoms with Crippen molar-refractivity contribution < 1.29 is 17.9 Å². The maximum Gasteiger partial charge on any atom is 0.417 e. The van der Waals surface area contributed by atoms with Gasteiger partial charge in [-0.3, -0.25) is 0 Å². The number of nitrogens with one attached hydrogen (secondary N) is 1. The van der Waals surface area contributed by atoms with E-state index in [1.807, 2.05) is 0 Å². The standard InChI is InChI=1S/C12H15F3N2O/c1-18-10-4-3-9(6-10)17-11-5-2-8(7-16-11)12(13,14)15/h2,5,7,9-10H,3-4,6H2,1H3,(H,16,17). The molecule has 6 heteroatoms. The lowest BCUT2D eigenvalue weighted by Crippen LogP contribution is -2.18. The lowest BCUT2D eigenvalue weighted by atomic mass is 10.2. The minimum absolute atomic E-state index is 0.221. The molecule has 0 spiro atoms. The monoisotopic (exact) mass is 260 g/mol. The molecule has 2 atom stereocenters. The van der Waals surface area contributed by atoms with Crippen molar-refractivity contribution in [1.29, 1.82) is 0 Å². The molecule has 1 heterocycles. The van der Waals surface area contributed by atoms with Gasteiger partial charge < -0.3 is 10.1 Å². The molecular formula is C12H15F3N2O. The number of methoxy groups -OCH3 is 1. The summed E-state index contributed by atoms with van der Waals surface area (Å²) >= 11 is 0. The van der Waals surface area contributed by atoms with Gasteiger partial charge in [-0.15, -0.1) is 0 Å². The van der Waals surface area contributed by atoms with E-state index in [9.17, 15) is 13.2 Å². The van der Waals surface area contributed by atoms with Gasteiger partial charge in [-0.25, -0.2) is 4.98 Å². The van der Waals surface area contributed by atoms with Gasteiger partial charge in [0.05, 0.1) is 11.7 Å². The molecule has 1 aromatic heterocycles. The van der Waals surface area contributed by atoms with Crippen LogP contribution in [0.2, 0.25) is 0 Å². The Morgan fingerprint density at radius 2 is 2.11 bits per heavy atom. The summed E-state index contributed by atoms with van der Waals surface area (Å²) in [6, 6.07) is 2.63. The Balaban J connectivity index is 1.95. The molecule has 0 aliphatic heterocycles. The van der Waals surface area contributed by atoms with Crippen LogP contribution in [0.15, 0.2) is 18.3 Å². The van der Waals surface area contributed by atoms with Crippen LogP contribution in [0.1, 0.15) is 24.8 Å². The third-order valence-electron chi connectivity index (χ3n) is 3.16. The van der Waals surface area contributed by atoms with Crippen molar-refractivity contribution in [3.8, 4) is 0 Å². The van der Waals surface area contributed by atoms with Crippen LogP contribution in [0.25, 0.3) is 0 Å². The van der Waals surface area contributed by atoms with Gasteiger partial charge in [0.1, 0.15) is 5.82 Å². The number of pyridine rings is 1. The van der Waals surface area contributed by atoms with Gasteiger partial charge in [-0.1, -0.05) is 0 Å². The fraction of sp³-hybridized carbons (Fsp3) is 0.583. The van der Waals surface area contributed by atoms with E-state index in [1.54, 1.807) is 7.11 Å². The molecule has 0 saturated heterocycles. The second-order valence-corrected chi connectivity index (χ2v) is 4.44. The minimum atomic E-state index is -4.33. The summed E-state index contributed by atoms with van der Waals surface area (Å²) < 4.78 is 42.3. The lowest BCUT2D eigenvalue weighted by molar-refractivity contribution is -0.137.